The summed E-state index contributed by atoms with van der Waals surface area (Å²) in [5.41, 5.74) is 3.56. The fraction of sp³-hybridized carbons (Fsp3) is 0.333. The smallest absolute Gasteiger partial charge is 0.255 e. The summed E-state index contributed by atoms with van der Waals surface area (Å²) in [6, 6.07) is 7.92. The number of likely N-dealkylation sites (N-methyl/N-ethyl adjacent to an activating group) is 1. The molecule has 0 saturated carbocycles. The van der Waals surface area contributed by atoms with Gasteiger partial charge in [0.05, 0.1) is 17.4 Å². The van der Waals surface area contributed by atoms with Gasteiger partial charge < -0.3 is 15.1 Å². The molecular formula is C18H21BrN4O. The molecule has 2 heterocycles. The number of piperazine rings is 1. The number of halogens is 1. The number of benzene rings is 1. The molecular weight excluding hydrogens is 368 g/mol. The molecule has 1 N–H and O–H groups in total. The molecule has 0 radical (unpaired) electrons. The van der Waals surface area contributed by atoms with Crippen LogP contribution in [0.4, 0.5) is 11.4 Å². The lowest BCUT2D eigenvalue weighted by atomic mass is 10.2. The van der Waals surface area contributed by atoms with Crippen LogP contribution in [0.1, 0.15) is 15.9 Å². The number of aryl methyl sites for hydroxylation is 1. The van der Waals surface area contributed by atoms with E-state index >= 15 is 0 Å². The number of nitrogens with one attached hydrogen (secondary N) is 1. The summed E-state index contributed by atoms with van der Waals surface area (Å²) in [6.07, 6.45) is 3.37. The molecule has 3 rings (SSSR count). The van der Waals surface area contributed by atoms with E-state index < -0.39 is 0 Å². The number of hydrogen-bond donors (Lipinski definition) is 1. The monoisotopic (exact) mass is 388 g/mol. The summed E-state index contributed by atoms with van der Waals surface area (Å²) in [7, 11) is 2.08. The number of amides is 1. The summed E-state index contributed by atoms with van der Waals surface area (Å²) in [5, 5.41) is 3.31. The van der Waals surface area contributed by atoms with E-state index in [0.717, 1.165) is 47.6 Å². The summed E-state index contributed by atoms with van der Waals surface area (Å²) in [6.45, 7) is 5.39. The topological polar surface area (TPSA) is 48.5 Å². The molecule has 6 heteroatoms. The van der Waals surface area contributed by atoms with Crippen molar-refractivity contribution in [3.8, 4) is 0 Å². The van der Waals surface area contributed by atoms with Crippen LogP contribution in [0.15, 0.2) is 41.1 Å². The number of carbonyl (C=O) groups excluding carboxylic acids is 1. The first-order valence-corrected chi connectivity index (χ1v) is 8.78. The average Bonchev–Trinajstić information content (AvgIpc) is 2.58. The van der Waals surface area contributed by atoms with E-state index in [-0.39, 0.29) is 5.91 Å². The quantitative estimate of drug-likeness (QED) is 0.876. The number of pyridine rings is 1. The van der Waals surface area contributed by atoms with E-state index in [1.807, 2.05) is 30.0 Å². The molecule has 0 spiro atoms. The Bertz CT molecular complexity index is 742. The molecule has 0 aliphatic carbocycles. The van der Waals surface area contributed by atoms with Crippen molar-refractivity contribution in [2.45, 2.75) is 6.92 Å². The molecule has 5 nitrogen and oxygen atoms in total. The van der Waals surface area contributed by atoms with Crippen molar-refractivity contribution >= 4 is 33.2 Å². The lowest BCUT2D eigenvalue weighted by Crippen LogP contribution is -2.47. The molecule has 0 unspecified atom stereocenters. The third-order valence-electron chi connectivity index (χ3n) is 4.22. The molecule has 1 aromatic carbocycles. The Hall–Kier alpha value is -1.92. The first-order valence-electron chi connectivity index (χ1n) is 7.99. The van der Waals surface area contributed by atoms with Gasteiger partial charge in [0.2, 0.25) is 0 Å². The normalized spacial score (nSPS) is 15.4. The minimum Gasteiger partial charge on any atom is -0.354 e. The largest absolute Gasteiger partial charge is 0.354 e. The van der Waals surface area contributed by atoms with Crippen LogP contribution in [-0.4, -0.2) is 53.9 Å². The van der Waals surface area contributed by atoms with Crippen LogP contribution in [-0.2, 0) is 0 Å². The fourth-order valence-electron chi connectivity index (χ4n) is 2.71. The van der Waals surface area contributed by atoms with Gasteiger partial charge in [-0.1, -0.05) is 15.9 Å². The molecule has 126 valence electrons. The molecule has 1 saturated heterocycles. The highest BCUT2D eigenvalue weighted by Crippen LogP contribution is 2.23. The third kappa shape index (κ3) is 3.94. The van der Waals surface area contributed by atoms with Crippen molar-refractivity contribution in [1.29, 1.82) is 0 Å². The maximum absolute atomic E-state index is 12.6. The van der Waals surface area contributed by atoms with Crippen molar-refractivity contribution in [3.63, 3.8) is 0 Å². The lowest BCUT2D eigenvalue weighted by molar-refractivity contribution is 0.0663. The predicted octanol–water partition coefficient (Wildman–Crippen LogP) is 3.28. The molecule has 0 bridgehead atoms. The lowest BCUT2D eigenvalue weighted by Gasteiger charge is -2.32. The average molecular weight is 389 g/mol. The van der Waals surface area contributed by atoms with Gasteiger partial charge in [-0.05, 0) is 43.8 Å². The Balaban J connectivity index is 1.73. The van der Waals surface area contributed by atoms with Gasteiger partial charge in [0, 0.05) is 42.5 Å². The second-order valence-electron chi connectivity index (χ2n) is 6.15. The van der Waals surface area contributed by atoms with Gasteiger partial charge in [-0.25, -0.2) is 0 Å². The van der Waals surface area contributed by atoms with E-state index in [9.17, 15) is 4.79 Å². The summed E-state index contributed by atoms with van der Waals surface area (Å²) in [5.74, 6) is 0.0474. The second-order valence-corrected chi connectivity index (χ2v) is 7.00. The van der Waals surface area contributed by atoms with Crippen LogP contribution >= 0.6 is 15.9 Å². The third-order valence-corrected chi connectivity index (χ3v) is 5.11. The molecule has 1 aliphatic rings. The van der Waals surface area contributed by atoms with Gasteiger partial charge in [-0.2, -0.15) is 0 Å². The zero-order valence-electron chi connectivity index (χ0n) is 13.9. The summed E-state index contributed by atoms with van der Waals surface area (Å²) in [4.78, 5) is 21.0. The number of hydrogen-bond acceptors (Lipinski definition) is 4. The molecule has 1 aromatic heterocycles. The van der Waals surface area contributed by atoms with Crippen molar-refractivity contribution in [2.75, 3.05) is 38.5 Å². The fourth-order valence-corrected chi connectivity index (χ4v) is 2.95. The molecule has 24 heavy (non-hydrogen) atoms. The highest BCUT2D eigenvalue weighted by Gasteiger charge is 2.20. The number of nitrogens with zero attached hydrogens (tertiary/aromatic N) is 3. The number of aromatic nitrogens is 1. The Morgan fingerprint density at radius 1 is 1.12 bits per heavy atom. The van der Waals surface area contributed by atoms with Gasteiger partial charge in [0.1, 0.15) is 0 Å². The number of rotatable bonds is 3. The van der Waals surface area contributed by atoms with Crippen molar-refractivity contribution < 1.29 is 4.79 Å². The van der Waals surface area contributed by atoms with Gasteiger partial charge >= 0.3 is 0 Å². The van der Waals surface area contributed by atoms with E-state index in [1.165, 1.54) is 0 Å². The molecule has 2 aromatic rings. The van der Waals surface area contributed by atoms with Gasteiger partial charge in [0.15, 0.2) is 0 Å². The van der Waals surface area contributed by atoms with E-state index in [1.54, 1.807) is 12.4 Å². The van der Waals surface area contributed by atoms with Crippen molar-refractivity contribution in [1.82, 2.24) is 14.8 Å². The molecule has 1 aliphatic heterocycles. The first-order chi connectivity index (χ1) is 11.5. The minimum absolute atomic E-state index is 0.0474. The zero-order valence-corrected chi connectivity index (χ0v) is 15.5. The Morgan fingerprint density at radius 2 is 1.88 bits per heavy atom. The van der Waals surface area contributed by atoms with Crippen LogP contribution in [0, 0.1) is 6.92 Å². The van der Waals surface area contributed by atoms with Crippen LogP contribution in [0.25, 0.3) is 0 Å². The summed E-state index contributed by atoms with van der Waals surface area (Å²) >= 11 is 3.50. The summed E-state index contributed by atoms with van der Waals surface area (Å²) < 4.78 is 1.07. The van der Waals surface area contributed by atoms with Crippen LogP contribution < -0.4 is 5.32 Å². The first kappa shape index (κ1) is 16.9. The minimum atomic E-state index is 0.0474. The maximum Gasteiger partial charge on any atom is 0.255 e. The highest BCUT2D eigenvalue weighted by atomic mass is 79.9. The molecule has 1 fully saturated rings. The van der Waals surface area contributed by atoms with Crippen molar-refractivity contribution in [3.05, 3.63) is 52.3 Å². The van der Waals surface area contributed by atoms with E-state index in [4.69, 9.17) is 0 Å². The number of anilines is 2. The zero-order chi connectivity index (χ0) is 17.1. The van der Waals surface area contributed by atoms with Crippen LogP contribution in [0.5, 0.6) is 0 Å². The van der Waals surface area contributed by atoms with E-state index in [2.05, 4.69) is 44.2 Å². The highest BCUT2D eigenvalue weighted by molar-refractivity contribution is 9.10. The van der Waals surface area contributed by atoms with Crippen LogP contribution in [0.2, 0.25) is 0 Å². The standard InChI is InChI=1S/C18H21BrN4O/c1-13-9-15(3-4-17(13)19)21-16-10-14(11-20-12-16)18(24)23-7-5-22(2)6-8-23/h3-4,9-12,21H,5-8H2,1-2H3. The Morgan fingerprint density at radius 3 is 2.58 bits per heavy atom. The van der Waals surface area contributed by atoms with Gasteiger partial charge in [-0.3, -0.25) is 9.78 Å². The molecule has 0 atom stereocenters. The van der Waals surface area contributed by atoms with Crippen molar-refractivity contribution in [2.24, 2.45) is 0 Å². The SMILES string of the molecule is Cc1cc(Nc2cncc(C(=O)N3CCN(C)CC3)c2)ccc1Br. The Kier molecular flexibility index (Phi) is 5.16. The van der Waals surface area contributed by atoms with Gasteiger partial charge in [-0.15, -0.1) is 0 Å². The molecule has 1 amide bonds. The number of carbonyl (C=O) groups is 1. The maximum atomic E-state index is 12.6. The predicted molar refractivity (Wildman–Crippen MR) is 99.8 cm³/mol. The Labute approximate surface area is 150 Å². The van der Waals surface area contributed by atoms with Gasteiger partial charge in [0.25, 0.3) is 5.91 Å². The van der Waals surface area contributed by atoms with Crippen LogP contribution in [0.3, 0.4) is 0 Å². The van der Waals surface area contributed by atoms with E-state index in [0.29, 0.717) is 5.56 Å². The second kappa shape index (κ2) is 7.32.